The van der Waals surface area contributed by atoms with Crippen LogP contribution in [0.5, 0.6) is 0 Å². The van der Waals surface area contributed by atoms with E-state index < -0.39 is 17.2 Å². The van der Waals surface area contributed by atoms with Crippen molar-refractivity contribution in [3.05, 3.63) is 35.4 Å². The molecule has 24 heavy (non-hydrogen) atoms. The minimum atomic E-state index is -4.42. The standard InChI is InChI=1S/C17H19F3N2O2/c18-17(19,20)13-4-1-3-12(9-13)10-14(23)22-8-6-16(11-22)5-2-7-21-15(16)24/h1,3-4,9H,2,5-8,10-11H2,(H,21,24)/t16-/m0/s1. The van der Waals surface area contributed by atoms with E-state index in [0.29, 0.717) is 31.6 Å². The van der Waals surface area contributed by atoms with Gasteiger partial charge >= 0.3 is 6.18 Å². The van der Waals surface area contributed by atoms with E-state index in [4.69, 9.17) is 0 Å². The van der Waals surface area contributed by atoms with Gasteiger partial charge in [-0.25, -0.2) is 0 Å². The maximum atomic E-state index is 12.7. The predicted octanol–water partition coefficient (Wildman–Crippen LogP) is 2.38. The minimum Gasteiger partial charge on any atom is -0.356 e. The number of nitrogens with zero attached hydrogens (tertiary/aromatic N) is 1. The zero-order valence-electron chi connectivity index (χ0n) is 13.2. The fourth-order valence-corrected chi connectivity index (χ4v) is 3.55. The normalized spacial score (nSPS) is 24.3. The Morgan fingerprint density at radius 2 is 2.08 bits per heavy atom. The molecule has 0 saturated carbocycles. The summed E-state index contributed by atoms with van der Waals surface area (Å²) in [4.78, 5) is 26.1. The van der Waals surface area contributed by atoms with Crippen molar-refractivity contribution in [2.24, 2.45) is 5.41 Å². The lowest BCUT2D eigenvalue weighted by molar-refractivity contribution is -0.138. The molecule has 0 radical (unpaired) electrons. The molecule has 2 fully saturated rings. The molecule has 1 aromatic carbocycles. The van der Waals surface area contributed by atoms with Crippen molar-refractivity contribution < 1.29 is 22.8 Å². The lowest BCUT2D eigenvalue weighted by atomic mass is 9.79. The largest absolute Gasteiger partial charge is 0.416 e. The lowest BCUT2D eigenvalue weighted by Crippen LogP contribution is -2.48. The minimum absolute atomic E-state index is 0.0110. The first kappa shape index (κ1) is 16.8. The second-order valence-corrected chi connectivity index (χ2v) is 6.58. The number of benzene rings is 1. The molecule has 1 atom stereocenters. The van der Waals surface area contributed by atoms with Crippen LogP contribution in [0.4, 0.5) is 13.2 Å². The van der Waals surface area contributed by atoms with Gasteiger partial charge in [-0.2, -0.15) is 13.2 Å². The number of hydrogen-bond donors (Lipinski definition) is 1. The molecular formula is C17H19F3N2O2. The molecule has 1 aromatic rings. The molecule has 0 aliphatic carbocycles. The Bertz CT molecular complexity index is 659. The van der Waals surface area contributed by atoms with Gasteiger partial charge in [0.1, 0.15) is 0 Å². The third kappa shape index (κ3) is 3.25. The molecule has 2 amide bonds. The summed E-state index contributed by atoms with van der Waals surface area (Å²) >= 11 is 0. The van der Waals surface area contributed by atoms with Gasteiger partial charge in [-0.3, -0.25) is 9.59 Å². The third-order valence-corrected chi connectivity index (χ3v) is 4.92. The van der Waals surface area contributed by atoms with E-state index in [1.54, 1.807) is 4.90 Å². The van der Waals surface area contributed by atoms with Gasteiger partial charge in [-0.1, -0.05) is 18.2 Å². The number of halogens is 3. The average Bonchev–Trinajstić information content (AvgIpc) is 2.95. The van der Waals surface area contributed by atoms with Crippen LogP contribution in [0.15, 0.2) is 24.3 Å². The van der Waals surface area contributed by atoms with Crippen LogP contribution in [0, 0.1) is 5.41 Å². The number of rotatable bonds is 2. The number of alkyl halides is 3. The van der Waals surface area contributed by atoms with Crippen molar-refractivity contribution in [1.82, 2.24) is 10.2 Å². The Hall–Kier alpha value is -2.05. The van der Waals surface area contributed by atoms with Crippen LogP contribution in [0.25, 0.3) is 0 Å². The van der Waals surface area contributed by atoms with Crippen molar-refractivity contribution in [2.75, 3.05) is 19.6 Å². The predicted molar refractivity (Wildman–Crippen MR) is 81.0 cm³/mol. The van der Waals surface area contributed by atoms with Crippen molar-refractivity contribution in [3.8, 4) is 0 Å². The number of carbonyl (C=O) groups excluding carboxylic acids is 2. The highest BCUT2D eigenvalue weighted by atomic mass is 19.4. The van der Waals surface area contributed by atoms with E-state index in [-0.39, 0.29) is 18.2 Å². The van der Waals surface area contributed by atoms with E-state index in [1.807, 2.05) is 0 Å². The first-order valence-electron chi connectivity index (χ1n) is 8.02. The Morgan fingerprint density at radius 1 is 1.29 bits per heavy atom. The van der Waals surface area contributed by atoms with E-state index in [9.17, 15) is 22.8 Å². The number of piperidine rings is 1. The summed E-state index contributed by atoms with van der Waals surface area (Å²) in [5.41, 5.74) is -0.928. The molecule has 130 valence electrons. The maximum absolute atomic E-state index is 12.7. The van der Waals surface area contributed by atoms with Crippen molar-refractivity contribution in [3.63, 3.8) is 0 Å². The highest BCUT2D eigenvalue weighted by molar-refractivity contribution is 5.86. The molecule has 7 heteroatoms. The molecule has 2 aliphatic rings. The molecule has 2 aliphatic heterocycles. The van der Waals surface area contributed by atoms with E-state index >= 15 is 0 Å². The molecule has 2 saturated heterocycles. The molecule has 4 nitrogen and oxygen atoms in total. The molecule has 0 aromatic heterocycles. The molecule has 1 N–H and O–H groups in total. The summed E-state index contributed by atoms with van der Waals surface area (Å²) in [5.74, 6) is -0.243. The van der Waals surface area contributed by atoms with E-state index in [0.717, 1.165) is 25.0 Å². The van der Waals surface area contributed by atoms with Gasteiger partial charge in [-0.15, -0.1) is 0 Å². The van der Waals surface area contributed by atoms with Crippen LogP contribution < -0.4 is 5.32 Å². The molecular weight excluding hydrogens is 321 g/mol. The van der Waals surface area contributed by atoms with Gasteiger partial charge in [0.2, 0.25) is 11.8 Å². The van der Waals surface area contributed by atoms with Crippen LogP contribution in [-0.4, -0.2) is 36.3 Å². The van der Waals surface area contributed by atoms with Crippen LogP contribution >= 0.6 is 0 Å². The topological polar surface area (TPSA) is 49.4 Å². The summed E-state index contributed by atoms with van der Waals surface area (Å²) in [7, 11) is 0. The highest BCUT2D eigenvalue weighted by Gasteiger charge is 2.46. The van der Waals surface area contributed by atoms with Crippen molar-refractivity contribution in [2.45, 2.75) is 31.9 Å². The zero-order chi connectivity index (χ0) is 17.4. The highest BCUT2D eigenvalue weighted by Crippen LogP contribution is 2.37. The second kappa shape index (κ2) is 6.11. The third-order valence-electron chi connectivity index (χ3n) is 4.92. The zero-order valence-corrected chi connectivity index (χ0v) is 13.2. The summed E-state index contributed by atoms with van der Waals surface area (Å²) < 4.78 is 38.2. The van der Waals surface area contributed by atoms with Gasteiger partial charge < -0.3 is 10.2 Å². The Balaban J connectivity index is 1.67. The molecule has 0 unspecified atom stereocenters. The number of amides is 2. The van der Waals surface area contributed by atoms with Crippen LogP contribution in [0.3, 0.4) is 0 Å². The first-order valence-corrected chi connectivity index (χ1v) is 8.02. The number of likely N-dealkylation sites (tertiary alicyclic amines) is 1. The van der Waals surface area contributed by atoms with Gasteiger partial charge in [0.25, 0.3) is 0 Å². The lowest BCUT2D eigenvalue weighted by Gasteiger charge is -2.32. The summed E-state index contributed by atoms with van der Waals surface area (Å²) in [6.45, 7) is 1.50. The first-order chi connectivity index (χ1) is 11.3. The second-order valence-electron chi connectivity index (χ2n) is 6.58. The van der Waals surface area contributed by atoms with Gasteiger partial charge in [0.15, 0.2) is 0 Å². The Labute approximate surface area is 138 Å². The number of carbonyl (C=O) groups is 2. The molecule has 2 heterocycles. The number of nitrogens with one attached hydrogen (secondary N) is 1. The molecule has 3 rings (SSSR count). The van der Waals surface area contributed by atoms with Crippen LogP contribution in [-0.2, 0) is 22.2 Å². The van der Waals surface area contributed by atoms with Crippen LogP contribution in [0.1, 0.15) is 30.4 Å². The van der Waals surface area contributed by atoms with E-state index in [1.165, 1.54) is 12.1 Å². The Morgan fingerprint density at radius 3 is 2.79 bits per heavy atom. The SMILES string of the molecule is O=C(Cc1cccc(C(F)(F)F)c1)N1CC[C@@]2(CCCNC2=O)C1. The van der Waals surface area contributed by atoms with Crippen LogP contribution in [0.2, 0.25) is 0 Å². The summed E-state index contributed by atoms with van der Waals surface area (Å²) in [6, 6.07) is 4.83. The average molecular weight is 340 g/mol. The summed E-state index contributed by atoms with van der Waals surface area (Å²) in [6.07, 6.45) is -2.24. The maximum Gasteiger partial charge on any atom is 0.416 e. The van der Waals surface area contributed by atoms with Gasteiger partial charge in [0.05, 0.1) is 17.4 Å². The fourth-order valence-electron chi connectivity index (χ4n) is 3.55. The van der Waals surface area contributed by atoms with Gasteiger partial charge in [-0.05, 0) is 30.9 Å². The van der Waals surface area contributed by atoms with Crippen molar-refractivity contribution >= 4 is 11.8 Å². The smallest absolute Gasteiger partial charge is 0.356 e. The van der Waals surface area contributed by atoms with E-state index in [2.05, 4.69) is 5.32 Å². The monoisotopic (exact) mass is 340 g/mol. The van der Waals surface area contributed by atoms with Crippen molar-refractivity contribution in [1.29, 1.82) is 0 Å². The Kier molecular flexibility index (Phi) is 4.27. The quantitative estimate of drug-likeness (QED) is 0.899. The van der Waals surface area contributed by atoms with Gasteiger partial charge in [0, 0.05) is 19.6 Å². The molecule has 1 spiro atoms. The summed E-state index contributed by atoms with van der Waals surface area (Å²) in [5, 5.41) is 2.85. The molecule has 0 bridgehead atoms. The fraction of sp³-hybridized carbons (Fsp3) is 0.529. The number of hydrogen-bond acceptors (Lipinski definition) is 2.